The number of hydrogen-bond donors (Lipinski definition) is 2. The van der Waals surface area contributed by atoms with Crippen LogP contribution in [0.4, 0.5) is 5.95 Å². The Bertz CT molecular complexity index is 517. The van der Waals surface area contributed by atoms with E-state index in [0.717, 1.165) is 51.5 Å². The van der Waals surface area contributed by atoms with Gasteiger partial charge in [-0.25, -0.2) is 0 Å². The number of hydrogen-bond acceptors (Lipinski definition) is 5. The monoisotopic (exact) mass is 322 g/mol. The van der Waals surface area contributed by atoms with Gasteiger partial charge in [-0.15, -0.1) is 5.10 Å². The lowest BCUT2D eigenvalue weighted by Crippen LogP contribution is -2.33. The van der Waals surface area contributed by atoms with Crippen LogP contribution in [-0.2, 0) is 9.47 Å². The summed E-state index contributed by atoms with van der Waals surface area (Å²) in [5.41, 5.74) is 0.376. The summed E-state index contributed by atoms with van der Waals surface area (Å²) in [6, 6.07) is 0. The maximum absolute atomic E-state index is 5.94. The van der Waals surface area contributed by atoms with Gasteiger partial charge in [-0.05, 0) is 30.1 Å². The van der Waals surface area contributed by atoms with Gasteiger partial charge in [0.05, 0.1) is 6.10 Å². The van der Waals surface area contributed by atoms with Crippen LogP contribution in [0.1, 0.15) is 58.7 Å². The molecule has 2 saturated heterocycles. The molecule has 3 heterocycles. The van der Waals surface area contributed by atoms with Gasteiger partial charge in [-0.3, -0.25) is 5.10 Å². The highest BCUT2D eigenvalue weighted by atomic mass is 16.5. The number of ether oxygens (including phenoxy) is 2. The highest BCUT2D eigenvalue weighted by Gasteiger charge is 2.40. The summed E-state index contributed by atoms with van der Waals surface area (Å²) in [4.78, 5) is 4.68. The van der Waals surface area contributed by atoms with Crippen LogP contribution in [0, 0.1) is 10.8 Å². The average Bonchev–Trinajstić information content (AvgIpc) is 3.14. The first kappa shape index (κ1) is 16.7. The number of aromatic nitrogens is 3. The van der Waals surface area contributed by atoms with E-state index in [9.17, 15) is 0 Å². The molecule has 0 spiro atoms. The molecule has 23 heavy (non-hydrogen) atoms. The van der Waals surface area contributed by atoms with Crippen LogP contribution in [-0.4, -0.2) is 47.7 Å². The van der Waals surface area contributed by atoms with E-state index in [0.29, 0.717) is 11.9 Å². The van der Waals surface area contributed by atoms with Gasteiger partial charge in [0.2, 0.25) is 5.95 Å². The van der Waals surface area contributed by atoms with Crippen LogP contribution in [0.15, 0.2) is 0 Å². The Labute approximate surface area is 138 Å². The molecule has 0 saturated carbocycles. The van der Waals surface area contributed by atoms with E-state index in [1.165, 1.54) is 0 Å². The zero-order valence-corrected chi connectivity index (χ0v) is 14.8. The summed E-state index contributed by atoms with van der Waals surface area (Å²) < 4.78 is 11.4. The average molecular weight is 322 g/mol. The molecule has 2 fully saturated rings. The third-order valence-electron chi connectivity index (χ3n) is 5.17. The van der Waals surface area contributed by atoms with Crippen LogP contribution in [0.2, 0.25) is 0 Å². The molecule has 0 aliphatic carbocycles. The van der Waals surface area contributed by atoms with Crippen LogP contribution in [0.3, 0.4) is 0 Å². The Morgan fingerprint density at radius 2 is 2.00 bits per heavy atom. The molecule has 1 aromatic rings. The van der Waals surface area contributed by atoms with Gasteiger partial charge < -0.3 is 14.8 Å². The van der Waals surface area contributed by atoms with Crippen LogP contribution < -0.4 is 5.32 Å². The minimum atomic E-state index is 0.108. The van der Waals surface area contributed by atoms with Crippen molar-refractivity contribution in [3.63, 3.8) is 0 Å². The number of nitrogens with zero attached hydrogens (tertiary/aromatic N) is 2. The lowest BCUT2D eigenvalue weighted by atomic mass is 9.81. The van der Waals surface area contributed by atoms with Gasteiger partial charge in [-0.1, -0.05) is 27.7 Å². The Hall–Kier alpha value is -1.14. The zero-order chi connectivity index (χ0) is 16.5. The summed E-state index contributed by atoms with van der Waals surface area (Å²) in [5, 5.41) is 10.9. The first-order chi connectivity index (χ1) is 10.9. The van der Waals surface area contributed by atoms with Gasteiger partial charge in [0.15, 0.2) is 0 Å². The first-order valence-corrected chi connectivity index (χ1v) is 8.73. The van der Waals surface area contributed by atoms with Crippen molar-refractivity contribution in [1.82, 2.24) is 15.2 Å². The predicted octanol–water partition coefficient (Wildman–Crippen LogP) is 2.95. The maximum atomic E-state index is 5.94. The molecule has 2 aliphatic rings. The number of rotatable bonds is 4. The molecule has 0 aromatic carbocycles. The van der Waals surface area contributed by atoms with Crippen molar-refractivity contribution >= 4 is 5.95 Å². The lowest BCUT2D eigenvalue weighted by Gasteiger charge is -2.33. The summed E-state index contributed by atoms with van der Waals surface area (Å²) >= 11 is 0. The Kier molecular flexibility index (Phi) is 4.65. The molecule has 2 aliphatic heterocycles. The number of nitrogens with one attached hydrogen (secondary N) is 2. The Balaban J connectivity index is 1.62. The standard InChI is InChI=1S/C17H30N4O2/c1-16(2,3)13-12(5-8-23-13)14-19-15(21-20-14)18-11-17(4)6-9-22-10-7-17/h12-13H,5-11H2,1-4H3,(H2,18,19,20,21)/t12-,13-/m1/s1. The third kappa shape index (κ3) is 3.86. The molecular formula is C17H30N4O2. The van der Waals surface area contributed by atoms with Gasteiger partial charge in [0, 0.05) is 32.3 Å². The summed E-state index contributed by atoms with van der Waals surface area (Å²) in [7, 11) is 0. The Morgan fingerprint density at radius 1 is 1.26 bits per heavy atom. The third-order valence-corrected chi connectivity index (χ3v) is 5.17. The van der Waals surface area contributed by atoms with Crippen LogP contribution in [0.25, 0.3) is 0 Å². The van der Waals surface area contributed by atoms with Crippen molar-refractivity contribution in [3.8, 4) is 0 Å². The van der Waals surface area contributed by atoms with E-state index in [4.69, 9.17) is 9.47 Å². The van der Waals surface area contributed by atoms with Gasteiger partial charge in [0.1, 0.15) is 5.82 Å². The van der Waals surface area contributed by atoms with Crippen molar-refractivity contribution in [2.24, 2.45) is 10.8 Å². The maximum Gasteiger partial charge on any atom is 0.242 e. The molecule has 0 amide bonds. The fourth-order valence-corrected chi connectivity index (χ4v) is 3.58. The van der Waals surface area contributed by atoms with E-state index in [1.807, 2.05) is 0 Å². The predicted molar refractivity (Wildman–Crippen MR) is 89.6 cm³/mol. The van der Waals surface area contributed by atoms with Crippen LogP contribution >= 0.6 is 0 Å². The zero-order valence-electron chi connectivity index (χ0n) is 14.8. The SMILES string of the molecule is CC1(CNc2n[nH]c([C@@H]3CCO[C@H]3C(C)(C)C)n2)CCOCC1. The quantitative estimate of drug-likeness (QED) is 0.891. The molecular weight excluding hydrogens is 292 g/mol. The van der Waals surface area contributed by atoms with Crippen molar-refractivity contribution in [2.45, 2.75) is 59.0 Å². The lowest BCUT2D eigenvalue weighted by molar-refractivity contribution is 0.0196. The highest BCUT2D eigenvalue weighted by Crippen LogP contribution is 2.39. The molecule has 3 rings (SSSR count). The minimum absolute atomic E-state index is 0.108. The molecule has 1 aromatic heterocycles. The Morgan fingerprint density at radius 3 is 2.70 bits per heavy atom. The molecule has 0 bridgehead atoms. The van der Waals surface area contributed by atoms with E-state index in [1.54, 1.807) is 0 Å². The molecule has 2 atom stereocenters. The molecule has 0 unspecified atom stereocenters. The number of H-pyrrole nitrogens is 1. The normalized spacial score (nSPS) is 28.0. The number of anilines is 1. The second kappa shape index (κ2) is 6.40. The van der Waals surface area contributed by atoms with Crippen molar-refractivity contribution in [1.29, 1.82) is 0 Å². The summed E-state index contributed by atoms with van der Waals surface area (Å²) in [5.74, 6) is 1.95. The fourth-order valence-electron chi connectivity index (χ4n) is 3.58. The first-order valence-electron chi connectivity index (χ1n) is 8.73. The molecule has 6 heteroatoms. The van der Waals surface area contributed by atoms with Gasteiger partial charge in [0.25, 0.3) is 0 Å². The van der Waals surface area contributed by atoms with Crippen LogP contribution in [0.5, 0.6) is 0 Å². The van der Waals surface area contributed by atoms with Gasteiger partial charge in [-0.2, -0.15) is 4.98 Å². The van der Waals surface area contributed by atoms with Gasteiger partial charge >= 0.3 is 0 Å². The second-order valence-corrected chi connectivity index (χ2v) is 8.37. The molecule has 130 valence electrons. The van der Waals surface area contributed by atoms with E-state index in [-0.39, 0.29) is 16.9 Å². The smallest absolute Gasteiger partial charge is 0.242 e. The summed E-state index contributed by atoms with van der Waals surface area (Å²) in [6.07, 6.45) is 3.36. The van der Waals surface area contributed by atoms with E-state index in [2.05, 4.69) is 48.2 Å². The second-order valence-electron chi connectivity index (χ2n) is 8.37. The van der Waals surface area contributed by atoms with Crippen molar-refractivity contribution in [3.05, 3.63) is 5.82 Å². The molecule has 2 N–H and O–H groups in total. The minimum Gasteiger partial charge on any atom is -0.381 e. The van der Waals surface area contributed by atoms with Crippen molar-refractivity contribution < 1.29 is 9.47 Å². The highest BCUT2D eigenvalue weighted by molar-refractivity contribution is 5.25. The molecule has 0 radical (unpaired) electrons. The topological polar surface area (TPSA) is 72.1 Å². The van der Waals surface area contributed by atoms with E-state index < -0.39 is 0 Å². The largest absolute Gasteiger partial charge is 0.381 e. The molecule has 6 nitrogen and oxygen atoms in total. The fraction of sp³-hybridized carbons (Fsp3) is 0.882. The van der Waals surface area contributed by atoms with E-state index >= 15 is 0 Å². The number of aromatic amines is 1. The van der Waals surface area contributed by atoms with Crippen molar-refractivity contribution in [2.75, 3.05) is 31.7 Å². The summed E-state index contributed by atoms with van der Waals surface area (Å²) in [6.45, 7) is 12.4.